The molecule has 22 heavy (non-hydrogen) atoms. The summed E-state index contributed by atoms with van der Waals surface area (Å²) in [6.45, 7) is 5.12. The summed E-state index contributed by atoms with van der Waals surface area (Å²) in [5.41, 5.74) is 1.80. The molecule has 0 heterocycles. The Labute approximate surface area is 136 Å². The van der Waals surface area contributed by atoms with Gasteiger partial charge in [-0.1, -0.05) is 76.8 Å². The minimum Gasteiger partial charge on any atom is -0.507 e. The van der Waals surface area contributed by atoms with Crippen LogP contribution in [0, 0.1) is 0 Å². The van der Waals surface area contributed by atoms with E-state index in [1.807, 2.05) is 25.1 Å². The average molecular weight is 303 g/mol. The maximum Gasteiger partial charge on any atom is 0.124 e. The van der Waals surface area contributed by atoms with Gasteiger partial charge in [-0.3, -0.25) is 4.99 Å². The fourth-order valence-electron chi connectivity index (χ4n) is 2.71. The second-order valence-electron chi connectivity index (χ2n) is 6.17. The second-order valence-corrected chi connectivity index (χ2v) is 6.17. The largest absolute Gasteiger partial charge is 0.507 e. The van der Waals surface area contributed by atoms with Crippen molar-refractivity contribution in [2.75, 3.05) is 6.54 Å². The van der Waals surface area contributed by atoms with Crippen molar-refractivity contribution in [3.8, 4) is 5.75 Å². The van der Waals surface area contributed by atoms with Crippen molar-refractivity contribution in [1.82, 2.24) is 0 Å². The topological polar surface area (TPSA) is 32.6 Å². The molecule has 0 unspecified atom stereocenters. The van der Waals surface area contributed by atoms with Crippen molar-refractivity contribution in [2.24, 2.45) is 4.99 Å². The fraction of sp³-hybridized carbons (Fsp3) is 0.650. The van der Waals surface area contributed by atoms with Gasteiger partial charge in [0, 0.05) is 17.8 Å². The third kappa shape index (κ3) is 8.21. The number of nitrogens with zero attached hydrogens (tertiary/aromatic N) is 1. The first kappa shape index (κ1) is 18.7. The fourth-order valence-corrected chi connectivity index (χ4v) is 2.71. The van der Waals surface area contributed by atoms with Crippen LogP contribution in [0.1, 0.15) is 83.6 Å². The summed E-state index contributed by atoms with van der Waals surface area (Å²) in [5.74, 6) is 0.326. The zero-order valence-electron chi connectivity index (χ0n) is 14.5. The molecule has 0 aliphatic carbocycles. The van der Waals surface area contributed by atoms with E-state index in [2.05, 4.69) is 11.9 Å². The summed E-state index contributed by atoms with van der Waals surface area (Å²) in [5, 5.41) is 9.78. The molecule has 0 spiro atoms. The lowest BCUT2D eigenvalue weighted by Gasteiger charge is -2.04. The van der Waals surface area contributed by atoms with E-state index in [9.17, 15) is 5.11 Å². The van der Waals surface area contributed by atoms with E-state index in [1.54, 1.807) is 6.07 Å². The van der Waals surface area contributed by atoms with Crippen LogP contribution in [-0.2, 0) is 0 Å². The van der Waals surface area contributed by atoms with Crippen LogP contribution in [0.25, 0.3) is 0 Å². The molecular formula is C20H33NO. The molecule has 0 aromatic heterocycles. The number of phenolic OH excluding ortho intramolecular Hbond substituents is 1. The van der Waals surface area contributed by atoms with Gasteiger partial charge in [-0.15, -0.1) is 0 Å². The Morgan fingerprint density at radius 3 is 2.00 bits per heavy atom. The number of benzene rings is 1. The van der Waals surface area contributed by atoms with E-state index < -0.39 is 0 Å². The van der Waals surface area contributed by atoms with Gasteiger partial charge in [0.2, 0.25) is 0 Å². The van der Waals surface area contributed by atoms with E-state index in [-0.39, 0.29) is 0 Å². The summed E-state index contributed by atoms with van der Waals surface area (Å²) in [6.07, 6.45) is 13.5. The van der Waals surface area contributed by atoms with Crippen molar-refractivity contribution in [2.45, 2.75) is 78.1 Å². The summed E-state index contributed by atoms with van der Waals surface area (Å²) in [6, 6.07) is 7.42. The third-order valence-corrected chi connectivity index (χ3v) is 4.15. The maximum absolute atomic E-state index is 9.78. The molecule has 1 rings (SSSR count). The lowest BCUT2D eigenvalue weighted by molar-refractivity contribution is 0.474. The van der Waals surface area contributed by atoms with Crippen LogP contribution in [0.4, 0.5) is 0 Å². The van der Waals surface area contributed by atoms with Crippen LogP contribution in [0.15, 0.2) is 29.3 Å². The summed E-state index contributed by atoms with van der Waals surface area (Å²) >= 11 is 0. The van der Waals surface area contributed by atoms with Crippen molar-refractivity contribution in [1.29, 1.82) is 0 Å². The third-order valence-electron chi connectivity index (χ3n) is 4.15. The molecule has 1 aromatic carbocycles. The SMILES string of the molecule is CCCCCCCCCCCCN=C(C)c1ccccc1O. The Balaban J connectivity index is 2.03. The van der Waals surface area contributed by atoms with Crippen LogP contribution in [0.3, 0.4) is 0 Å². The normalized spacial score (nSPS) is 11.8. The highest BCUT2D eigenvalue weighted by atomic mass is 16.3. The quantitative estimate of drug-likeness (QED) is 0.366. The Hall–Kier alpha value is -1.31. The van der Waals surface area contributed by atoms with Gasteiger partial charge < -0.3 is 5.11 Å². The van der Waals surface area contributed by atoms with Gasteiger partial charge >= 0.3 is 0 Å². The van der Waals surface area contributed by atoms with Gasteiger partial charge in [-0.05, 0) is 25.5 Å². The lowest BCUT2D eigenvalue weighted by atomic mass is 10.1. The summed E-state index contributed by atoms with van der Waals surface area (Å²) < 4.78 is 0. The van der Waals surface area contributed by atoms with Gasteiger partial charge in [0.25, 0.3) is 0 Å². The van der Waals surface area contributed by atoms with E-state index in [0.29, 0.717) is 5.75 Å². The summed E-state index contributed by atoms with van der Waals surface area (Å²) in [7, 11) is 0. The Morgan fingerprint density at radius 1 is 0.864 bits per heavy atom. The number of phenols is 1. The average Bonchev–Trinajstić information content (AvgIpc) is 2.53. The molecule has 0 saturated carbocycles. The molecule has 0 fully saturated rings. The number of rotatable bonds is 12. The van der Waals surface area contributed by atoms with Gasteiger partial charge in [0.15, 0.2) is 0 Å². The number of hydrogen-bond donors (Lipinski definition) is 1. The zero-order chi connectivity index (χ0) is 16.0. The van der Waals surface area contributed by atoms with Crippen LogP contribution < -0.4 is 0 Å². The van der Waals surface area contributed by atoms with Crippen LogP contribution >= 0.6 is 0 Å². The molecule has 0 amide bonds. The minimum atomic E-state index is 0.326. The van der Waals surface area contributed by atoms with E-state index in [1.165, 1.54) is 57.8 Å². The van der Waals surface area contributed by atoms with Crippen molar-refractivity contribution in [3.05, 3.63) is 29.8 Å². The first-order valence-corrected chi connectivity index (χ1v) is 9.05. The molecule has 0 aliphatic heterocycles. The number of unbranched alkanes of at least 4 members (excludes halogenated alkanes) is 9. The monoisotopic (exact) mass is 303 g/mol. The van der Waals surface area contributed by atoms with Crippen molar-refractivity contribution in [3.63, 3.8) is 0 Å². The molecule has 0 radical (unpaired) electrons. The molecule has 0 aliphatic rings. The van der Waals surface area contributed by atoms with Gasteiger partial charge in [0.05, 0.1) is 0 Å². The van der Waals surface area contributed by atoms with Crippen molar-refractivity contribution >= 4 is 5.71 Å². The molecule has 124 valence electrons. The van der Waals surface area contributed by atoms with Crippen LogP contribution in [0.5, 0.6) is 5.75 Å². The first-order valence-electron chi connectivity index (χ1n) is 9.05. The van der Waals surface area contributed by atoms with Crippen LogP contribution in [0.2, 0.25) is 0 Å². The molecule has 0 bridgehead atoms. The second kappa shape index (κ2) is 12.3. The maximum atomic E-state index is 9.78. The molecule has 2 nitrogen and oxygen atoms in total. The predicted molar refractivity (Wildman–Crippen MR) is 97.0 cm³/mol. The summed E-state index contributed by atoms with van der Waals surface area (Å²) in [4.78, 5) is 4.58. The minimum absolute atomic E-state index is 0.326. The van der Waals surface area contributed by atoms with Gasteiger partial charge in [0.1, 0.15) is 5.75 Å². The number of hydrogen-bond acceptors (Lipinski definition) is 2. The van der Waals surface area contributed by atoms with Gasteiger partial charge in [-0.2, -0.15) is 0 Å². The Morgan fingerprint density at radius 2 is 1.41 bits per heavy atom. The molecule has 1 aromatic rings. The zero-order valence-corrected chi connectivity index (χ0v) is 14.5. The number of aliphatic imine (C=N–C) groups is 1. The van der Waals surface area contributed by atoms with E-state index in [4.69, 9.17) is 0 Å². The standard InChI is InChI=1S/C20H33NO/c1-3-4-5-6-7-8-9-10-11-14-17-21-18(2)19-15-12-13-16-20(19)22/h12-13,15-16,22H,3-11,14,17H2,1-2H3. The predicted octanol–water partition coefficient (Wildman–Crippen LogP) is 6.12. The molecule has 1 N–H and O–H groups in total. The Bertz CT molecular complexity index is 425. The lowest BCUT2D eigenvalue weighted by Crippen LogP contribution is -1.97. The smallest absolute Gasteiger partial charge is 0.124 e. The number of aromatic hydroxyl groups is 1. The van der Waals surface area contributed by atoms with Crippen molar-refractivity contribution < 1.29 is 5.11 Å². The highest BCUT2D eigenvalue weighted by molar-refractivity contribution is 6.00. The van der Waals surface area contributed by atoms with Gasteiger partial charge in [-0.25, -0.2) is 0 Å². The molecular weight excluding hydrogens is 270 g/mol. The van der Waals surface area contributed by atoms with Crippen LogP contribution in [-0.4, -0.2) is 17.4 Å². The van der Waals surface area contributed by atoms with E-state index in [0.717, 1.165) is 24.2 Å². The highest BCUT2D eigenvalue weighted by Crippen LogP contribution is 2.16. The molecule has 0 saturated heterocycles. The highest BCUT2D eigenvalue weighted by Gasteiger charge is 2.02. The van der Waals surface area contributed by atoms with E-state index >= 15 is 0 Å². The first-order chi connectivity index (χ1) is 10.8. The number of para-hydroxylation sites is 1. The molecule has 0 atom stereocenters. The molecule has 2 heteroatoms. The Kier molecular flexibility index (Phi) is 10.4.